The second kappa shape index (κ2) is 2.70. The highest BCUT2D eigenvalue weighted by molar-refractivity contribution is 5.69. The first kappa shape index (κ1) is 7.72. The van der Waals surface area contributed by atoms with Crippen molar-refractivity contribution in [3.05, 3.63) is 18.2 Å². The molecule has 4 N–H and O–H groups in total. The van der Waals surface area contributed by atoms with Crippen molar-refractivity contribution in [1.82, 2.24) is 0 Å². The number of benzene rings is 1. The van der Waals surface area contributed by atoms with Crippen LogP contribution in [0.25, 0.3) is 0 Å². The van der Waals surface area contributed by atoms with Crippen molar-refractivity contribution in [2.75, 3.05) is 30.5 Å². The normalized spacial score (nSPS) is 9.64. The van der Waals surface area contributed by atoms with E-state index in [-0.39, 0.29) is 0 Å². The summed E-state index contributed by atoms with van der Waals surface area (Å²) >= 11 is 0. The van der Waals surface area contributed by atoms with E-state index in [0.717, 1.165) is 5.69 Å². The maximum Gasteiger partial charge on any atom is 0.0568 e. The second-order valence-corrected chi connectivity index (χ2v) is 2.71. The van der Waals surface area contributed by atoms with Crippen LogP contribution < -0.4 is 16.4 Å². The summed E-state index contributed by atoms with van der Waals surface area (Å²) in [4.78, 5) is 1.98. The molecule has 0 fully saturated rings. The molecule has 0 atom stereocenters. The largest absolute Gasteiger partial charge is 0.397 e. The standard InChI is InChI=1S/C8H13N3/c1-11(2)6-3-4-7(9)8(10)5-6/h3-5H,9-10H2,1-2H3. The molecule has 0 unspecified atom stereocenters. The molecular weight excluding hydrogens is 138 g/mol. The van der Waals surface area contributed by atoms with Crippen LogP contribution in [-0.4, -0.2) is 14.1 Å². The third-order valence-corrected chi connectivity index (χ3v) is 1.59. The SMILES string of the molecule is CN(C)c1ccc(N)c(N)c1. The molecule has 0 bridgehead atoms. The molecule has 0 spiro atoms. The number of hydrogen-bond acceptors (Lipinski definition) is 3. The highest BCUT2D eigenvalue weighted by atomic mass is 15.1. The lowest BCUT2D eigenvalue weighted by Crippen LogP contribution is -2.09. The van der Waals surface area contributed by atoms with E-state index >= 15 is 0 Å². The Bertz CT molecular complexity index is 256. The minimum Gasteiger partial charge on any atom is -0.397 e. The van der Waals surface area contributed by atoms with Gasteiger partial charge in [0.15, 0.2) is 0 Å². The summed E-state index contributed by atoms with van der Waals surface area (Å²) < 4.78 is 0. The van der Waals surface area contributed by atoms with E-state index in [9.17, 15) is 0 Å². The average Bonchev–Trinajstić information content (AvgIpc) is 1.94. The molecule has 0 saturated carbocycles. The predicted molar refractivity (Wildman–Crippen MR) is 49.6 cm³/mol. The molecule has 60 valence electrons. The Labute approximate surface area is 66.6 Å². The van der Waals surface area contributed by atoms with Gasteiger partial charge >= 0.3 is 0 Å². The molecule has 3 heteroatoms. The number of hydrogen-bond donors (Lipinski definition) is 2. The van der Waals surface area contributed by atoms with Crippen LogP contribution in [0.3, 0.4) is 0 Å². The van der Waals surface area contributed by atoms with Crippen LogP contribution in [0.15, 0.2) is 18.2 Å². The molecule has 0 aliphatic rings. The zero-order valence-electron chi connectivity index (χ0n) is 6.83. The zero-order valence-corrected chi connectivity index (χ0v) is 6.83. The maximum atomic E-state index is 5.61. The third-order valence-electron chi connectivity index (χ3n) is 1.59. The molecule has 0 saturated heterocycles. The van der Waals surface area contributed by atoms with E-state index in [4.69, 9.17) is 11.5 Å². The van der Waals surface area contributed by atoms with Gasteiger partial charge < -0.3 is 16.4 Å². The lowest BCUT2D eigenvalue weighted by molar-refractivity contribution is 1.13. The average molecular weight is 151 g/mol. The van der Waals surface area contributed by atoms with Gasteiger partial charge in [-0.1, -0.05) is 0 Å². The molecule has 11 heavy (non-hydrogen) atoms. The Morgan fingerprint density at radius 2 is 1.73 bits per heavy atom. The summed E-state index contributed by atoms with van der Waals surface area (Å²) in [6.07, 6.45) is 0. The molecule has 0 aromatic heterocycles. The van der Waals surface area contributed by atoms with Crippen molar-refractivity contribution in [3.63, 3.8) is 0 Å². The molecule has 1 aromatic rings. The van der Waals surface area contributed by atoms with Crippen LogP contribution in [-0.2, 0) is 0 Å². The minimum atomic E-state index is 0.635. The Morgan fingerprint density at radius 1 is 1.09 bits per heavy atom. The molecule has 0 heterocycles. The highest BCUT2D eigenvalue weighted by Crippen LogP contribution is 2.20. The van der Waals surface area contributed by atoms with Crippen molar-refractivity contribution in [2.24, 2.45) is 0 Å². The highest BCUT2D eigenvalue weighted by Gasteiger charge is 1.97. The van der Waals surface area contributed by atoms with Crippen LogP contribution in [0.4, 0.5) is 17.1 Å². The van der Waals surface area contributed by atoms with Gasteiger partial charge in [0.05, 0.1) is 11.4 Å². The van der Waals surface area contributed by atoms with Gasteiger partial charge in [-0.15, -0.1) is 0 Å². The fraction of sp³-hybridized carbons (Fsp3) is 0.250. The minimum absolute atomic E-state index is 0.635. The molecular formula is C8H13N3. The van der Waals surface area contributed by atoms with E-state index in [1.54, 1.807) is 0 Å². The van der Waals surface area contributed by atoms with Crippen LogP contribution in [0.2, 0.25) is 0 Å². The molecule has 1 aromatic carbocycles. The molecule has 0 aliphatic carbocycles. The summed E-state index contributed by atoms with van der Waals surface area (Å²) in [5.41, 5.74) is 13.5. The third kappa shape index (κ3) is 1.55. The Morgan fingerprint density at radius 3 is 2.18 bits per heavy atom. The lowest BCUT2D eigenvalue weighted by atomic mass is 10.2. The van der Waals surface area contributed by atoms with Gasteiger partial charge in [0.2, 0.25) is 0 Å². The summed E-state index contributed by atoms with van der Waals surface area (Å²) in [6, 6.07) is 5.60. The number of anilines is 3. The molecule has 0 radical (unpaired) electrons. The van der Waals surface area contributed by atoms with Crippen LogP contribution in [0.5, 0.6) is 0 Å². The van der Waals surface area contributed by atoms with E-state index in [2.05, 4.69) is 0 Å². The van der Waals surface area contributed by atoms with Crippen LogP contribution in [0, 0.1) is 0 Å². The first-order valence-electron chi connectivity index (χ1n) is 3.43. The fourth-order valence-electron chi connectivity index (χ4n) is 0.840. The predicted octanol–water partition coefficient (Wildman–Crippen LogP) is 0.917. The summed E-state index contributed by atoms with van der Waals surface area (Å²) in [5, 5.41) is 0. The maximum absolute atomic E-state index is 5.61. The van der Waals surface area contributed by atoms with Gasteiger partial charge in [0.25, 0.3) is 0 Å². The Balaban J connectivity index is 3.05. The van der Waals surface area contributed by atoms with Gasteiger partial charge in [-0.3, -0.25) is 0 Å². The quantitative estimate of drug-likeness (QED) is 0.587. The van der Waals surface area contributed by atoms with Gasteiger partial charge in [0.1, 0.15) is 0 Å². The van der Waals surface area contributed by atoms with Crippen molar-refractivity contribution >= 4 is 17.1 Å². The van der Waals surface area contributed by atoms with Gasteiger partial charge in [-0.25, -0.2) is 0 Å². The van der Waals surface area contributed by atoms with Gasteiger partial charge in [-0.2, -0.15) is 0 Å². The van der Waals surface area contributed by atoms with Gasteiger partial charge in [0, 0.05) is 19.8 Å². The van der Waals surface area contributed by atoms with Crippen LogP contribution in [0.1, 0.15) is 0 Å². The lowest BCUT2D eigenvalue weighted by Gasteiger charge is -2.13. The number of rotatable bonds is 1. The van der Waals surface area contributed by atoms with Crippen molar-refractivity contribution in [3.8, 4) is 0 Å². The van der Waals surface area contributed by atoms with Crippen molar-refractivity contribution in [1.29, 1.82) is 0 Å². The van der Waals surface area contributed by atoms with Crippen molar-refractivity contribution in [2.45, 2.75) is 0 Å². The summed E-state index contributed by atoms with van der Waals surface area (Å²) in [5.74, 6) is 0. The summed E-state index contributed by atoms with van der Waals surface area (Å²) in [7, 11) is 3.93. The van der Waals surface area contributed by atoms with E-state index < -0.39 is 0 Å². The smallest absolute Gasteiger partial charge is 0.0568 e. The first-order chi connectivity index (χ1) is 5.11. The fourth-order valence-corrected chi connectivity index (χ4v) is 0.840. The van der Waals surface area contributed by atoms with Gasteiger partial charge in [-0.05, 0) is 18.2 Å². The number of nitrogens with two attached hydrogens (primary N) is 2. The zero-order chi connectivity index (χ0) is 8.43. The summed E-state index contributed by atoms with van der Waals surface area (Å²) in [6.45, 7) is 0. The number of nitrogens with zero attached hydrogens (tertiary/aromatic N) is 1. The topological polar surface area (TPSA) is 55.3 Å². The van der Waals surface area contributed by atoms with E-state index in [0.29, 0.717) is 11.4 Å². The Hall–Kier alpha value is -1.38. The van der Waals surface area contributed by atoms with E-state index in [1.807, 2.05) is 37.2 Å². The molecule has 3 nitrogen and oxygen atoms in total. The first-order valence-corrected chi connectivity index (χ1v) is 3.43. The van der Waals surface area contributed by atoms with E-state index in [1.165, 1.54) is 0 Å². The van der Waals surface area contributed by atoms with Crippen molar-refractivity contribution < 1.29 is 0 Å². The number of nitrogen functional groups attached to an aromatic ring is 2. The Kier molecular flexibility index (Phi) is 1.89. The second-order valence-electron chi connectivity index (χ2n) is 2.71. The van der Waals surface area contributed by atoms with Crippen LogP contribution >= 0.6 is 0 Å². The monoisotopic (exact) mass is 151 g/mol. The molecule has 0 amide bonds. The molecule has 1 rings (SSSR count). The molecule has 0 aliphatic heterocycles.